The molecule has 1 saturated heterocycles. The quantitative estimate of drug-likeness (QED) is 0.714. The number of H-pyrrole nitrogens is 1. The topological polar surface area (TPSA) is 74.1 Å². The molecule has 0 radical (unpaired) electrons. The summed E-state index contributed by atoms with van der Waals surface area (Å²) >= 11 is 0. The van der Waals surface area contributed by atoms with E-state index in [1.165, 1.54) is 0 Å². The van der Waals surface area contributed by atoms with Gasteiger partial charge in [0.2, 0.25) is 11.9 Å². The van der Waals surface area contributed by atoms with Gasteiger partial charge < -0.3 is 15.5 Å². The number of hydrogen-bond donors (Lipinski definition) is 2. The summed E-state index contributed by atoms with van der Waals surface area (Å²) in [6, 6.07) is 0.524. The first-order chi connectivity index (χ1) is 7.16. The van der Waals surface area contributed by atoms with Crippen molar-refractivity contribution in [2.45, 2.75) is 18.9 Å². The fourth-order valence-electron chi connectivity index (χ4n) is 1.97. The van der Waals surface area contributed by atoms with Crippen LogP contribution in [0.1, 0.15) is 12.8 Å². The van der Waals surface area contributed by atoms with E-state index in [1.807, 2.05) is 7.05 Å². The number of aromatic amines is 1. The molecule has 84 valence electrons. The van der Waals surface area contributed by atoms with Gasteiger partial charge >= 0.3 is 0 Å². The van der Waals surface area contributed by atoms with Crippen LogP contribution < -0.4 is 10.6 Å². The predicted octanol–water partition coefficient (Wildman–Crippen LogP) is -0.0827. The maximum absolute atomic E-state index is 5.50. The van der Waals surface area contributed by atoms with Crippen LogP contribution in [0.2, 0.25) is 0 Å². The Hall–Kier alpha value is -1.30. The van der Waals surface area contributed by atoms with E-state index in [1.54, 1.807) is 0 Å². The minimum absolute atomic E-state index is 0.379. The lowest BCUT2D eigenvalue weighted by molar-refractivity contribution is 0.252. The van der Waals surface area contributed by atoms with Crippen molar-refractivity contribution in [3.63, 3.8) is 0 Å². The molecule has 2 rings (SSSR count). The Morgan fingerprint density at radius 2 is 2.13 bits per heavy atom. The molecule has 6 nitrogen and oxygen atoms in total. The molecule has 1 aliphatic rings. The number of nitrogens with two attached hydrogens (primary N) is 1. The fourth-order valence-corrected chi connectivity index (χ4v) is 1.97. The molecule has 6 heteroatoms. The van der Waals surface area contributed by atoms with E-state index in [4.69, 9.17) is 5.73 Å². The maximum atomic E-state index is 5.50. The van der Waals surface area contributed by atoms with Gasteiger partial charge in [-0.25, -0.2) is 5.10 Å². The highest BCUT2D eigenvalue weighted by Crippen LogP contribution is 2.18. The van der Waals surface area contributed by atoms with Crippen molar-refractivity contribution in [1.82, 2.24) is 20.1 Å². The van der Waals surface area contributed by atoms with E-state index >= 15 is 0 Å². The van der Waals surface area contributed by atoms with Crippen molar-refractivity contribution < 1.29 is 0 Å². The molecule has 0 aromatic carbocycles. The largest absolute Gasteiger partial charge is 0.368 e. The second kappa shape index (κ2) is 4.06. The van der Waals surface area contributed by atoms with Crippen molar-refractivity contribution in [2.24, 2.45) is 0 Å². The van der Waals surface area contributed by atoms with Gasteiger partial charge in [0.05, 0.1) is 0 Å². The SMILES string of the molecule is CN1CCC(N(C)c2n[nH]c(N)n2)CC1. The lowest BCUT2D eigenvalue weighted by Gasteiger charge is -2.34. The van der Waals surface area contributed by atoms with E-state index in [0.717, 1.165) is 25.9 Å². The van der Waals surface area contributed by atoms with Crippen LogP contribution in [0.15, 0.2) is 0 Å². The van der Waals surface area contributed by atoms with Gasteiger partial charge in [-0.2, -0.15) is 4.98 Å². The molecule has 2 heterocycles. The molecule has 0 spiro atoms. The molecular weight excluding hydrogens is 192 g/mol. The number of likely N-dealkylation sites (tertiary alicyclic amines) is 1. The Morgan fingerprint density at radius 3 is 2.67 bits per heavy atom. The van der Waals surface area contributed by atoms with Gasteiger partial charge in [-0.1, -0.05) is 0 Å². The van der Waals surface area contributed by atoms with Gasteiger partial charge in [-0.05, 0) is 33.0 Å². The number of rotatable bonds is 2. The van der Waals surface area contributed by atoms with Gasteiger partial charge in [0.25, 0.3) is 0 Å². The summed E-state index contributed by atoms with van der Waals surface area (Å²) in [4.78, 5) is 8.58. The van der Waals surface area contributed by atoms with Crippen LogP contribution in [-0.2, 0) is 0 Å². The van der Waals surface area contributed by atoms with E-state index in [-0.39, 0.29) is 0 Å². The molecule has 0 aliphatic carbocycles. The first kappa shape index (κ1) is 10.2. The van der Waals surface area contributed by atoms with Crippen LogP contribution in [-0.4, -0.2) is 53.3 Å². The zero-order chi connectivity index (χ0) is 10.8. The summed E-state index contributed by atoms with van der Waals surface area (Å²) in [5.74, 6) is 1.08. The molecule has 1 aliphatic heterocycles. The second-order valence-corrected chi connectivity index (χ2v) is 4.17. The van der Waals surface area contributed by atoms with Gasteiger partial charge in [-0.15, -0.1) is 5.10 Å². The first-order valence-corrected chi connectivity index (χ1v) is 5.26. The van der Waals surface area contributed by atoms with Gasteiger partial charge in [0.1, 0.15) is 0 Å². The fraction of sp³-hybridized carbons (Fsp3) is 0.778. The Kier molecular flexibility index (Phi) is 2.77. The predicted molar refractivity (Wildman–Crippen MR) is 59.7 cm³/mol. The monoisotopic (exact) mass is 210 g/mol. The van der Waals surface area contributed by atoms with Crippen LogP contribution in [0.25, 0.3) is 0 Å². The molecule has 1 aromatic rings. The van der Waals surface area contributed by atoms with Gasteiger partial charge in [0, 0.05) is 13.1 Å². The highest BCUT2D eigenvalue weighted by atomic mass is 15.4. The highest BCUT2D eigenvalue weighted by molar-refractivity contribution is 5.34. The molecule has 0 amide bonds. The summed E-state index contributed by atoms with van der Waals surface area (Å²) in [5.41, 5.74) is 5.50. The molecule has 0 unspecified atom stereocenters. The summed E-state index contributed by atoms with van der Waals surface area (Å²) in [6.07, 6.45) is 2.31. The molecule has 3 N–H and O–H groups in total. The molecule has 0 bridgehead atoms. The standard InChI is InChI=1S/C9H18N6/c1-14-5-3-7(4-6-14)15(2)9-11-8(10)12-13-9/h7H,3-6H2,1-2H3,(H3,10,11,12,13). The van der Waals surface area contributed by atoms with Gasteiger partial charge in [0.15, 0.2) is 0 Å². The molecule has 1 fully saturated rings. The van der Waals surface area contributed by atoms with Crippen LogP contribution in [0, 0.1) is 0 Å². The van der Waals surface area contributed by atoms with Crippen molar-refractivity contribution in [3.05, 3.63) is 0 Å². The number of nitrogens with one attached hydrogen (secondary N) is 1. The van der Waals surface area contributed by atoms with Crippen molar-refractivity contribution >= 4 is 11.9 Å². The smallest absolute Gasteiger partial charge is 0.246 e. The highest BCUT2D eigenvalue weighted by Gasteiger charge is 2.22. The Morgan fingerprint density at radius 1 is 1.47 bits per heavy atom. The summed E-state index contributed by atoms with van der Waals surface area (Å²) in [7, 11) is 4.18. The first-order valence-electron chi connectivity index (χ1n) is 5.26. The van der Waals surface area contributed by atoms with Crippen LogP contribution in [0.3, 0.4) is 0 Å². The van der Waals surface area contributed by atoms with E-state index < -0.39 is 0 Å². The third-order valence-electron chi connectivity index (χ3n) is 3.04. The molecule has 0 saturated carbocycles. The molecular formula is C9H18N6. The normalized spacial score (nSPS) is 19.3. The number of nitrogens with zero attached hydrogens (tertiary/aromatic N) is 4. The molecule has 0 atom stereocenters. The average Bonchev–Trinajstić information content (AvgIpc) is 2.65. The number of aromatic nitrogens is 3. The van der Waals surface area contributed by atoms with E-state index in [9.17, 15) is 0 Å². The van der Waals surface area contributed by atoms with E-state index in [2.05, 4.69) is 32.0 Å². The minimum Gasteiger partial charge on any atom is -0.368 e. The Balaban J connectivity index is 1.99. The maximum Gasteiger partial charge on any atom is 0.246 e. The summed E-state index contributed by atoms with van der Waals surface area (Å²) in [6.45, 7) is 2.27. The van der Waals surface area contributed by atoms with Crippen LogP contribution >= 0.6 is 0 Å². The molecule has 1 aromatic heterocycles. The Labute approximate surface area is 89.5 Å². The third-order valence-corrected chi connectivity index (χ3v) is 3.04. The number of piperidine rings is 1. The Bertz CT molecular complexity index is 314. The third kappa shape index (κ3) is 2.20. The van der Waals surface area contributed by atoms with Gasteiger partial charge in [-0.3, -0.25) is 0 Å². The zero-order valence-corrected chi connectivity index (χ0v) is 9.27. The van der Waals surface area contributed by atoms with Crippen molar-refractivity contribution in [1.29, 1.82) is 0 Å². The summed E-state index contributed by atoms with van der Waals surface area (Å²) < 4.78 is 0. The average molecular weight is 210 g/mol. The summed E-state index contributed by atoms with van der Waals surface area (Å²) in [5, 5.41) is 6.72. The minimum atomic E-state index is 0.379. The van der Waals surface area contributed by atoms with E-state index in [0.29, 0.717) is 17.9 Å². The van der Waals surface area contributed by atoms with Crippen molar-refractivity contribution in [3.8, 4) is 0 Å². The lowest BCUT2D eigenvalue weighted by Crippen LogP contribution is -2.42. The molecule has 15 heavy (non-hydrogen) atoms. The second-order valence-electron chi connectivity index (χ2n) is 4.17. The number of hydrogen-bond acceptors (Lipinski definition) is 5. The number of anilines is 2. The van der Waals surface area contributed by atoms with Crippen LogP contribution in [0.4, 0.5) is 11.9 Å². The van der Waals surface area contributed by atoms with Crippen LogP contribution in [0.5, 0.6) is 0 Å². The lowest BCUT2D eigenvalue weighted by atomic mass is 10.0. The number of nitrogen functional groups attached to an aromatic ring is 1. The zero-order valence-electron chi connectivity index (χ0n) is 9.27. The van der Waals surface area contributed by atoms with Crippen molar-refractivity contribution in [2.75, 3.05) is 37.8 Å².